The van der Waals surface area contributed by atoms with Crippen molar-refractivity contribution in [3.05, 3.63) is 63.2 Å². The first kappa shape index (κ1) is 16.5. The summed E-state index contributed by atoms with van der Waals surface area (Å²) in [6.45, 7) is 3.38. The van der Waals surface area contributed by atoms with Gasteiger partial charge >= 0.3 is 0 Å². The van der Waals surface area contributed by atoms with Crippen LogP contribution >= 0.6 is 22.6 Å². The van der Waals surface area contributed by atoms with Gasteiger partial charge in [0.15, 0.2) is 0 Å². The fourth-order valence-electron chi connectivity index (χ4n) is 2.62. The maximum atomic E-state index is 12.4. The first-order chi connectivity index (χ1) is 11.1. The molecule has 2 aromatic carbocycles. The number of carbonyl (C=O) groups is 1. The number of carbonyl (C=O) groups excluding carboxylic acids is 1. The highest BCUT2D eigenvalue weighted by atomic mass is 127. The van der Waals surface area contributed by atoms with Crippen LogP contribution in [-0.2, 0) is 11.3 Å². The molecule has 0 bridgehead atoms. The van der Waals surface area contributed by atoms with Crippen LogP contribution in [0, 0.1) is 10.5 Å². The second-order valence-electron chi connectivity index (χ2n) is 6.15. The second kappa shape index (κ2) is 7.45. The fourth-order valence-corrected chi connectivity index (χ4v) is 3.14. The normalized spacial score (nSPS) is 14.0. The molecule has 23 heavy (non-hydrogen) atoms. The Kier molecular flexibility index (Phi) is 5.33. The Morgan fingerprint density at radius 2 is 1.87 bits per heavy atom. The van der Waals surface area contributed by atoms with E-state index in [2.05, 4.69) is 64.0 Å². The van der Waals surface area contributed by atoms with Crippen LogP contribution in [0.4, 0.5) is 5.69 Å². The van der Waals surface area contributed by atoms with Crippen molar-refractivity contribution in [1.82, 2.24) is 4.90 Å². The van der Waals surface area contributed by atoms with Gasteiger partial charge in [0.25, 0.3) is 0 Å². The van der Waals surface area contributed by atoms with Gasteiger partial charge in [-0.2, -0.15) is 0 Å². The summed E-state index contributed by atoms with van der Waals surface area (Å²) in [5.41, 5.74) is 3.43. The maximum Gasteiger partial charge on any atom is 0.238 e. The van der Waals surface area contributed by atoms with Crippen LogP contribution in [0.1, 0.15) is 24.0 Å². The monoisotopic (exact) mass is 420 g/mol. The van der Waals surface area contributed by atoms with E-state index in [0.717, 1.165) is 15.8 Å². The molecule has 120 valence electrons. The second-order valence-corrected chi connectivity index (χ2v) is 7.31. The molecule has 2 aromatic rings. The number of amides is 1. The van der Waals surface area contributed by atoms with Crippen molar-refractivity contribution < 1.29 is 4.79 Å². The van der Waals surface area contributed by atoms with E-state index in [4.69, 9.17) is 0 Å². The summed E-state index contributed by atoms with van der Waals surface area (Å²) in [6, 6.07) is 17.0. The number of nitrogens with one attached hydrogen (secondary N) is 1. The molecule has 0 saturated heterocycles. The van der Waals surface area contributed by atoms with Gasteiger partial charge in [-0.1, -0.05) is 42.0 Å². The molecule has 0 unspecified atom stereocenters. The highest BCUT2D eigenvalue weighted by Crippen LogP contribution is 2.28. The minimum atomic E-state index is 0.0631. The van der Waals surface area contributed by atoms with Gasteiger partial charge in [-0.15, -0.1) is 0 Å². The van der Waals surface area contributed by atoms with E-state index < -0.39 is 0 Å². The summed E-state index contributed by atoms with van der Waals surface area (Å²) in [4.78, 5) is 14.7. The van der Waals surface area contributed by atoms with Crippen LogP contribution in [0.25, 0.3) is 0 Å². The largest absolute Gasteiger partial charge is 0.324 e. The molecule has 0 aliphatic heterocycles. The maximum absolute atomic E-state index is 12.4. The summed E-state index contributed by atoms with van der Waals surface area (Å²) in [6.07, 6.45) is 2.39. The third kappa shape index (κ3) is 4.78. The quantitative estimate of drug-likeness (QED) is 0.711. The Hall–Kier alpha value is -1.40. The molecular formula is C19H21IN2O. The van der Waals surface area contributed by atoms with Gasteiger partial charge < -0.3 is 5.32 Å². The lowest BCUT2D eigenvalue weighted by atomic mass is 10.1. The van der Waals surface area contributed by atoms with Gasteiger partial charge in [-0.25, -0.2) is 0 Å². The van der Waals surface area contributed by atoms with Gasteiger partial charge in [0.2, 0.25) is 5.91 Å². The number of para-hydroxylation sites is 1. The van der Waals surface area contributed by atoms with Gasteiger partial charge in [0, 0.05) is 16.2 Å². The molecule has 1 aliphatic rings. The molecular weight excluding hydrogens is 399 g/mol. The van der Waals surface area contributed by atoms with Crippen LogP contribution in [0.3, 0.4) is 0 Å². The molecule has 3 nitrogen and oxygen atoms in total. The highest BCUT2D eigenvalue weighted by Gasteiger charge is 2.30. The number of nitrogens with zero attached hydrogens (tertiary/aromatic N) is 1. The number of aryl methyl sites for hydroxylation is 1. The Morgan fingerprint density at radius 1 is 1.17 bits per heavy atom. The molecule has 0 atom stereocenters. The number of hydrogen-bond donors (Lipinski definition) is 1. The molecule has 3 rings (SSSR count). The molecule has 0 spiro atoms. The number of hydrogen-bond acceptors (Lipinski definition) is 2. The number of rotatable bonds is 6. The van der Waals surface area contributed by atoms with E-state index in [0.29, 0.717) is 12.6 Å². The number of benzene rings is 2. The topological polar surface area (TPSA) is 32.3 Å². The summed E-state index contributed by atoms with van der Waals surface area (Å²) < 4.78 is 1.06. The van der Waals surface area contributed by atoms with Crippen molar-refractivity contribution >= 4 is 34.2 Å². The zero-order valence-corrected chi connectivity index (χ0v) is 15.4. The lowest BCUT2D eigenvalue weighted by Crippen LogP contribution is -2.34. The third-order valence-corrected chi connectivity index (χ3v) is 5.00. The molecule has 1 fully saturated rings. The summed E-state index contributed by atoms with van der Waals surface area (Å²) in [7, 11) is 0. The zero-order chi connectivity index (χ0) is 16.2. The molecule has 4 heteroatoms. The van der Waals surface area contributed by atoms with Crippen LogP contribution in [-0.4, -0.2) is 23.4 Å². The van der Waals surface area contributed by atoms with E-state index in [1.54, 1.807) is 0 Å². The van der Waals surface area contributed by atoms with Gasteiger partial charge in [0.05, 0.1) is 12.2 Å². The standard InChI is InChI=1S/C19H21IN2O/c1-14-6-8-15(9-7-14)12-22(16-10-11-16)13-19(23)21-18-5-3-2-4-17(18)20/h2-9,16H,10-13H2,1H3,(H,21,23). The van der Waals surface area contributed by atoms with Crippen molar-refractivity contribution in [3.8, 4) is 0 Å². The lowest BCUT2D eigenvalue weighted by molar-refractivity contribution is -0.117. The Bertz CT molecular complexity index is 680. The van der Waals surface area contributed by atoms with Crippen molar-refractivity contribution in [1.29, 1.82) is 0 Å². The van der Waals surface area contributed by atoms with Crippen molar-refractivity contribution in [3.63, 3.8) is 0 Å². The predicted octanol–water partition coefficient (Wildman–Crippen LogP) is 4.20. The summed E-state index contributed by atoms with van der Waals surface area (Å²) in [5.74, 6) is 0.0631. The predicted molar refractivity (Wildman–Crippen MR) is 102 cm³/mol. The Labute approximate surface area is 151 Å². The molecule has 1 amide bonds. The van der Waals surface area contributed by atoms with E-state index >= 15 is 0 Å². The Balaban J connectivity index is 1.62. The summed E-state index contributed by atoms with van der Waals surface area (Å²) in [5, 5.41) is 3.03. The van der Waals surface area contributed by atoms with Crippen molar-refractivity contribution in [2.75, 3.05) is 11.9 Å². The zero-order valence-electron chi connectivity index (χ0n) is 13.3. The molecule has 1 saturated carbocycles. The SMILES string of the molecule is Cc1ccc(CN(CC(=O)Nc2ccccc2I)C2CC2)cc1. The fraction of sp³-hybridized carbons (Fsp3) is 0.316. The minimum Gasteiger partial charge on any atom is -0.324 e. The van der Waals surface area contributed by atoms with Crippen LogP contribution < -0.4 is 5.32 Å². The van der Waals surface area contributed by atoms with Gasteiger partial charge in [-0.3, -0.25) is 9.69 Å². The Morgan fingerprint density at radius 3 is 2.52 bits per heavy atom. The molecule has 1 N–H and O–H groups in total. The molecule has 0 radical (unpaired) electrons. The highest BCUT2D eigenvalue weighted by molar-refractivity contribution is 14.1. The lowest BCUT2D eigenvalue weighted by Gasteiger charge is -2.21. The van der Waals surface area contributed by atoms with Gasteiger partial charge in [0.1, 0.15) is 0 Å². The van der Waals surface area contributed by atoms with Crippen LogP contribution in [0.5, 0.6) is 0 Å². The third-order valence-electron chi connectivity index (χ3n) is 4.06. The number of anilines is 1. The van der Waals surface area contributed by atoms with Crippen molar-refractivity contribution in [2.45, 2.75) is 32.4 Å². The average molecular weight is 420 g/mol. The van der Waals surface area contributed by atoms with Gasteiger partial charge in [-0.05, 0) is 60.1 Å². The van der Waals surface area contributed by atoms with Crippen molar-refractivity contribution in [2.24, 2.45) is 0 Å². The summed E-state index contributed by atoms with van der Waals surface area (Å²) >= 11 is 2.25. The smallest absolute Gasteiger partial charge is 0.238 e. The first-order valence-corrected chi connectivity index (χ1v) is 9.03. The van der Waals surface area contributed by atoms with Crippen LogP contribution in [0.15, 0.2) is 48.5 Å². The van der Waals surface area contributed by atoms with E-state index in [1.807, 2.05) is 24.3 Å². The minimum absolute atomic E-state index is 0.0631. The first-order valence-electron chi connectivity index (χ1n) is 7.96. The van der Waals surface area contributed by atoms with E-state index in [1.165, 1.54) is 24.0 Å². The average Bonchev–Trinajstić information content (AvgIpc) is 3.36. The van der Waals surface area contributed by atoms with Crippen LogP contribution in [0.2, 0.25) is 0 Å². The van der Waals surface area contributed by atoms with E-state index in [-0.39, 0.29) is 5.91 Å². The molecule has 1 aliphatic carbocycles. The molecule has 0 aromatic heterocycles. The number of halogens is 1. The van der Waals surface area contributed by atoms with E-state index in [9.17, 15) is 4.79 Å². The molecule has 0 heterocycles.